The number of hydrogen-bond donors (Lipinski definition) is 0. The van der Waals surface area contributed by atoms with E-state index in [9.17, 15) is 11.0 Å². The van der Waals surface area contributed by atoms with Crippen LogP contribution in [-0.4, -0.2) is 12.6 Å². The van der Waals surface area contributed by atoms with Gasteiger partial charge in [0.2, 0.25) is 0 Å². The van der Waals surface area contributed by atoms with Gasteiger partial charge in [0.25, 0.3) is 0 Å². The van der Waals surface area contributed by atoms with E-state index in [-0.39, 0.29) is 33.1 Å². The molecule has 3 heteroatoms. The Morgan fingerprint density at radius 1 is 0.443 bits per heavy atom. The van der Waals surface area contributed by atoms with E-state index in [1.54, 1.807) is 0 Å². The van der Waals surface area contributed by atoms with Crippen LogP contribution in [0.2, 0.25) is 0 Å². The highest BCUT2D eigenvalue weighted by Crippen LogP contribution is 2.46. The number of nitrogens with zero attached hydrogens (tertiary/aromatic N) is 1. The third-order valence-electron chi connectivity index (χ3n) is 11.9. The van der Waals surface area contributed by atoms with Crippen LogP contribution in [0.3, 0.4) is 0 Å². The number of benzene rings is 10. The van der Waals surface area contributed by atoms with Crippen molar-refractivity contribution in [2.45, 2.75) is 0 Å². The van der Waals surface area contributed by atoms with E-state index in [4.69, 9.17) is 5.48 Å². The summed E-state index contributed by atoms with van der Waals surface area (Å²) >= 11 is 1.54. The summed E-state index contributed by atoms with van der Waals surface area (Å²) in [5.74, 6) is 0. The molecule has 0 bridgehead atoms. The number of hydrogen-bond acceptors (Lipinski definition) is 1. The van der Waals surface area contributed by atoms with E-state index >= 15 is 0 Å². The van der Waals surface area contributed by atoms with Crippen molar-refractivity contribution in [2.24, 2.45) is 0 Å². The lowest BCUT2D eigenvalue weighted by Gasteiger charge is -2.37. The molecular formula is C58H39NSSi. The van der Waals surface area contributed by atoms with Crippen molar-refractivity contribution in [1.29, 1.82) is 0 Å². The number of thiophene rings is 1. The van der Waals surface area contributed by atoms with Gasteiger partial charge in [-0.3, -0.25) is 0 Å². The highest BCUT2D eigenvalue weighted by molar-refractivity contribution is 7.26. The second kappa shape index (κ2) is 14.5. The van der Waals surface area contributed by atoms with E-state index in [1.807, 2.05) is 156 Å². The van der Waals surface area contributed by atoms with Crippen molar-refractivity contribution in [2.75, 3.05) is 0 Å². The number of fused-ring (bicyclic) bond motifs is 8. The molecular weight excluding hydrogens is 771 g/mol. The van der Waals surface area contributed by atoms with E-state index in [1.165, 1.54) is 11.3 Å². The molecule has 0 amide bonds. The first-order chi connectivity index (χ1) is 35.3. The second-order valence-corrected chi connectivity index (χ2v) is 19.8. The van der Waals surface area contributed by atoms with Gasteiger partial charge >= 0.3 is 0 Å². The molecule has 0 spiro atoms. The first-order valence-corrected chi connectivity index (χ1v) is 22.8. The van der Waals surface area contributed by atoms with Gasteiger partial charge in [0.05, 0.1) is 37.9 Å². The first kappa shape index (κ1) is 25.3. The SMILES string of the molecule is [2H]c1c([2H])c([2H])c(-c2c([2H])c([2H])c([Si](c3ccccc3)(c3ccccc3)c3ccc4ccccc4c3)c(-c3c([2H])c([2H])c([2H])c([2H])c3[2H])c2-n2c3ccccc3c3ccc4c5ccccc5sc4c32)c([2H])c1[2H]. The molecule has 61 heavy (non-hydrogen) atoms. The van der Waals surface area contributed by atoms with E-state index in [0.29, 0.717) is 11.0 Å². The summed E-state index contributed by atoms with van der Waals surface area (Å²) in [6, 6.07) is 45.9. The number of aromatic nitrogens is 1. The Morgan fingerprint density at radius 2 is 1.05 bits per heavy atom. The quantitative estimate of drug-likeness (QED) is 0.111. The normalized spacial score (nSPS) is 14.7. The molecule has 0 aliphatic heterocycles. The monoisotopic (exact) mass is 821 g/mol. The van der Waals surface area contributed by atoms with Crippen LogP contribution >= 0.6 is 11.3 Å². The minimum atomic E-state index is -4.21. The largest absolute Gasteiger partial charge is 0.307 e. The Balaban J connectivity index is 1.46. The lowest BCUT2D eigenvalue weighted by atomic mass is 9.95. The van der Waals surface area contributed by atoms with Gasteiger partial charge in [-0.2, -0.15) is 0 Å². The minimum Gasteiger partial charge on any atom is -0.307 e. The Morgan fingerprint density at radius 3 is 1.79 bits per heavy atom. The molecule has 0 aliphatic rings. The Labute approximate surface area is 376 Å². The summed E-state index contributed by atoms with van der Waals surface area (Å²) in [6.45, 7) is 0. The Bertz CT molecular complexity index is 4210. The van der Waals surface area contributed by atoms with Gasteiger partial charge in [0.1, 0.15) is 0 Å². The molecule has 0 atom stereocenters. The van der Waals surface area contributed by atoms with Crippen molar-refractivity contribution in [3.63, 3.8) is 0 Å². The fourth-order valence-corrected chi connectivity index (χ4v) is 15.4. The van der Waals surface area contributed by atoms with Gasteiger partial charge in [0, 0.05) is 37.4 Å². The molecule has 0 unspecified atom stereocenters. The smallest absolute Gasteiger partial charge is 0.180 e. The maximum atomic E-state index is 10.8. The molecule has 0 radical (unpaired) electrons. The van der Waals surface area contributed by atoms with Crippen LogP contribution in [0.15, 0.2) is 236 Å². The highest BCUT2D eigenvalue weighted by atomic mass is 32.1. The van der Waals surface area contributed by atoms with Crippen LogP contribution in [0.4, 0.5) is 0 Å². The van der Waals surface area contributed by atoms with Crippen LogP contribution in [0, 0.1) is 0 Å². The van der Waals surface area contributed by atoms with Crippen LogP contribution in [-0.2, 0) is 0 Å². The zero-order chi connectivity index (χ0) is 50.8. The molecule has 0 fully saturated rings. The third-order valence-corrected chi connectivity index (χ3v) is 17.8. The molecule has 286 valence electrons. The zero-order valence-electron chi connectivity index (χ0n) is 44.4. The first-order valence-electron chi connectivity index (χ1n) is 26.0. The maximum absolute atomic E-state index is 10.8. The van der Waals surface area contributed by atoms with Gasteiger partial charge in [0.15, 0.2) is 8.07 Å². The van der Waals surface area contributed by atoms with Crippen molar-refractivity contribution in [3.05, 3.63) is 236 Å². The summed E-state index contributed by atoms with van der Waals surface area (Å²) < 4.78 is 119. The van der Waals surface area contributed by atoms with Crippen molar-refractivity contribution >= 4 is 92.9 Å². The molecule has 2 heterocycles. The van der Waals surface area contributed by atoms with E-state index in [0.717, 1.165) is 57.3 Å². The zero-order valence-corrected chi connectivity index (χ0v) is 34.3. The summed E-state index contributed by atoms with van der Waals surface area (Å²) in [7, 11) is -4.21. The lowest BCUT2D eigenvalue weighted by Crippen LogP contribution is -2.75. The molecule has 0 saturated carbocycles. The fraction of sp³-hybridized carbons (Fsp3) is 0. The molecule has 2 aromatic heterocycles. The van der Waals surface area contributed by atoms with Crippen LogP contribution in [0.25, 0.3) is 80.7 Å². The third kappa shape index (κ3) is 5.52. The van der Waals surface area contributed by atoms with E-state index < -0.39 is 80.6 Å². The van der Waals surface area contributed by atoms with Gasteiger partial charge in [-0.25, -0.2) is 0 Å². The van der Waals surface area contributed by atoms with Gasteiger partial charge < -0.3 is 4.57 Å². The topological polar surface area (TPSA) is 4.93 Å². The van der Waals surface area contributed by atoms with Crippen molar-refractivity contribution < 1.29 is 16.4 Å². The standard InChI is InChI=1S/C58H39NSSi/c1-5-20-41(21-6-1)47-37-38-54(61(44-25-9-3-10-26-44,45-27-11-4-12-28-45)46-34-33-40-19-13-14-24-43(40)39-46)55(42-22-7-2-8-23-42)56(47)59-52-31-17-15-29-48(52)50-35-36-51-49-30-16-18-32-53(49)60-58(51)57(50)59/h1-39H/i1D,2D,5D,6D,7D,8D,20D,21D,22D,23D,37D,38D. The molecule has 0 saturated heterocycles. The summed E-state index contributed by atoms with van der Waals surface area (Å²) in [5.41, 5.74) is 0.383. The predicted molar refractivity (Wildman–Crippen MR) is 266 cm³/mol. The Kier molecular flexibility index (Phi) is 6.01. The lowest BCUT2D eigenvalue weighted by molar-refractivity contribution is 1.19. The second-order valence-electron chi connectivity index (χ2n) is 15.1. The Hall–Kier alpha value is -7.30. The van der Waals surface area contributed by atoms with Gasteiger partial charge in [-0.1, -0.05) is 224 Å². The minimum absolute atomic E-state index is 0.00751. The van der Waals surface area contributed by atoms with E-state index in [2.05, 4.69) is 12.1 Å². The number of rotatable bonds is 7. The molecule has 1 nitrogen and oxygen atoms in total. The number of para-hydroxylation sites is 1. The summed E-state index contributed by atoms with van der Waals surface area (Å²) in [6.07, 6.45) is 0. The highest BCUT2D eigenvalue weighted by Gasteiger charge is 2.44. The molecule has 12 rings (SSSR count). The van der Waals surface area contributed by atoms with Crippen molar-refractivity contribution in [1.82, 2.24) is 4.57 Å². The molecule has 0 aliphatic carbocycles. The average Bonchev–Trinajstić information content (AvgIpc) is 3.99. The van der Waals surface area contributed by atoms with Crippen LogP contribution in [0.1, 0.15) is 16.4 Å². The average molecular weight is 822 g/mol. The van der Waals surface area contributed by atoms with Gasteiger partial charge in [-0.05, 0) is 54.8 Å². The summed E-state index contributed by atoms with van der Waals surface area (Å²) in [4.78, 5) is 0. The van der Waals surface area contributed by atoms with Crippen LogP contribution < -0.4 is 20.7 Å². The van der Waals surface area contributed by atoms with Crippen molar-refractivity contribution in [3.8, 4) is 27.9 Å². The predicted octanol–water partition coefficient (Wildman–Crippen LogP) is 13.0. The fourth-order valence-electron chi connectivity index (χ4n) is 9.36. The molecule has 0 N–H and O–H groups in total. The summed E-state index contributed by atoms with van der Waals surface area (Å²) in [5, 5.41) is 7.76. The van der Waals surface area contributed by atoms with Crippen LogP contribution in [0.5, 0.6) is 0 Å². The molecule has 10 aromatic carbocycles. The maximum Gasteiger partial charge on any atom is 0.180 e. The molecule has 12 aromatic rings. The van der Waals surface area contributed by atoms with Gasteiger partial charge in [-0.15, -0.1) is 11.3 Å².